The minimum Gasteiger partial charge on any atom is -0.480 e. The molecule has 0 radical (unpaired) electrons. The maximum Gasteiger partial charge on any atom is 0.408 e. The summed E-state index contributed by atoms with van der Waals surface area (Å²) in [7, 11) is 0. The predicted molar refractivity (Wildman–Crippen MR) is 60.2 cm³/mol. The van der Waals surface area contributed by atoms with E-state index in [9.17, 15) is 9.59 Å². The molecule has 0 aromatic heterocycles. The first kappa shape index (κ1) is 14.5. The number of carboxylic acid groups (broad SMARTS) is 1. The Morgan fingerprint density at radius 1 is 1.38 bits per heavy atom. The first-order valence-electron chi connectivity index (χ1n) is 4.96. The third-order valence-corrected chi connectivity index (χ3v) is 1.80. The van der Waals surface area contributed by atoms with E-state index in [0.717, 1.165) is 0 Å². The zero-order chi connectivity index (χ0) is 13.0. The van der Waals surface area contributed by atoms with E-state index in [-0.39, 0.29) is 6.42 Å². The Morgan fingerprint density at radius 3 is 2.19 bits per heavy atom. The Labute approximate surface area is 95.5 Å². The van der Waals surface area contributed by atoms with Crippen molar-refractivity contribution in [1.29, 1.82) is 0 Å². The second-order valence-corrected chi connectivity index (χ2v) is 4.76. The highest BCUT2D eigenvalue weighted by molar-refractivity contribution is 5.84. The van der Waals surface area contributed by atoms with E-state index in [0.29, 0.717) is 0 Å². The van der Waals surface area contributed by atoms with E-state index >= 15 is 0 Å². The Balaban J connectivity index is 4.59. The minimum atomic E-state index is -1.38. The van der Waals surface area contributed by atoms with Crippen LogP contribution in [0.2, 0.25) is 0 Å². The third-order valence-electron chi connectivity index (χ3n) is 1.80. The van der Waals surface area contributed by atoms with Crippen LogP contribution in [0, 0.1) is 0 Å². The van der Waals surface area contributed by atoms with Gasteiger partial charge in [-0.1, -0.05) is 6.08 Å². The van der Waals surface area contributed by atoms with Gasteiger partial charge in [-0.3, -0.25) is 0 Å². The van der Waals surface area contributed by atoms with Crippen molar-refractivity contribution in [2.45, 2.75) is 45.3 Å². The van der Waals surface area contributed by atoms with Gasteiger partial charge in [-0.15, -0.1) is 6.58 Å². The molecule has 92 valence electrons. The van der Waals surface area contributed by atoms with Crippen LogP contribution in [0.3, 0.4) is 0 Å². The Kier molecular flexibility index (Phi) is 4.53. The molecule has 16 heavy (non-hydrogen) atoms. The summed E-state index contributed by atoms with van der Waals surface area (Å²) in [6.07, 6.45) is 0.812. The maximum atomic E-state index is 11.4. The number of carbonyl (C=O) groups is 2. The molecule has 0 saturated heterocycles. The number of amides is 1. The molecule has 0 aliphatic heterocycles. The van der Waals surface area contributed by atoms with Crippen molar-refractivity contribution in [1.82, 2.24) is 5.32 Å². The van der Waals surface area contributed by atoms with Gasteiger partial charge in [-0.2, -0.15) is 0 Å². The summed E-state index contributed by atoms with van der Waals surface area (Å²) in [6, 6.07) is 0. The fourth-order valence-electron chi connectivity index (χ4n) is 1.01. The van der Waals surface area contributed by atoms with Gasteiger partial charge >= 0.3 is 12.1 Å². The summed E-state index contributed by atoms with van der Waals surface area (Å²) in [5, 5.41) is 11.3. The lowest BCUT2D eigenvalue weighted by Gasteiger charge is -2.27. The summed E-state index contributed by atoms with van der Waals surface area (Å²) in [5.74, 6) is -1.13. The van der Waals surface area contributed by atoms with Gasteiger partial charge in [0.1, 0.15) is 11.1 Å². The second kappa shape index (κ2) is 5.01. The number of aliphatic carboxylic acids is 1. The smallest absolute Gasteiger partial charge is 0.408 e. The largest absolute Gasteiger partial charge is 0.480 e. The Hall–Kier alpha value is -1.52. The minimum absolute atomic E-state index is 0.127. The molecular formula is C11H19NO4. The molecule has 0 unspecified atom stereocenters. The van der Waals surface area contributed by atoms with E-state index in [2.05, 4.69) is 11.9 Å². The van der Waals surface area contributed by atoms with Crippen LogP contribution >= 0.6 is 0 Å². The maximum absolute atomic E-state index is 11.4. The van der Waals surface area contributed by atoms with E-state index in [1.54, 1.807) is 20.8 Å². The molecule has 0 fully saturated rings. The fraction of sp³-hybridized carbons (Fsp3) is 0.636. The zero-order valence-corrected chi connectivity index (χ0v) is 10.2. The lowest BCUT2D eigenvalue weighted by Crippen LogP contribution is -2.53. The van der Waals surface area contributed by atoms with E-state index in [1.165, 1.54) is 13.0 Å². The lowest BCUT2D eigenvalue weighted by molar-refractivity contribution is -0.144. The highest BCUT2D eigenvalue weighted by Crippen LogP contribution is 2.13. The average molecular weight is 229 g/mol. The van der Waals surface area contributed by atoms with Gasteiger partial charge in [0, 0.05) is 0 Å². The third kappa shape index (κ3) is 4.82. The molecule has 0 bridgehead atoms. The number of carboxylic acids is 1. The van der Waals surface area contributed by atoms with Gasteiger partial charge in [0.05, 0.1) is 0 Å². The Morgan fingerprint density at radius 2 is 1.88 bits per heavy atom. The number of carbonyl (C=O) groups excluding carboxylic acids is 1. The van der Waals surface area contributed by atoms with Crippen molar-refractivity contribution < 1.29 is 19.4 Å². The molecule has 0 rings (SSSR count). The van der Waals surface area contributed by atoms with Gasteiger partial charge in [0.2, 0.25) is 0 Å². The van der Waals surface area contributed by atoms with Crippen LogP contribution in [0.25, 0.3) is 0 Å². The topological polar surface area (TPSA) is 75.6 Å². The first-order chi connectivity index (χ1) is 7.10. The van der Waals surface area contributed by atoms with E-state index < -0.39 is 23.2 Å². The van der Waals surface area contributed by atoms with Crippen molar-refractivity contribution in [3.8, 4) is 0 Å². The molecule has 0 heterocycles. The summed E-state index contributed by atoms with van der Waals surface area (Å²) < 4.78 is 4.98. The summed E-state index contributed by atoms with van der Waals surface area (Å²) in [4.78, 5) is 22.4. The Bertz CT molecular complexity index is 293. The molecule has 0 aromatic rings. The number of hydrogen-bond acceptors (Lipinski definition) is 3. The fourth-order valence-corrected chi connectivity index (χ4v) is 1.01. The second-order valence-electron chi connectivity index (χ2n) is 4.76. The first-order valence-corrected chi connectivity index (χ1v) is 4.96. The molecule has 2 N–H and O–H groups in total. The van der Waals surface area contributed by atoms with Crippen molar-refractivity contribution in [3.05, 3.63) is 12.7 Å². The van der Waals surface area contributed by atoms with Gasteiger partial charge < -0.3 is 15.2 Å². The van der Waals surface area contributed by atoms with E-state index in [1.807, 2.05) is 0 Å². The average Bonchev–Trinajstić information content (AvgIpc) is 1.99. The molecule has 5 heteroatoms. The van der Waals surface area contributed by atoms with Crippen LogP contribution in [0.1, 0.15) is 34.1 Å². The molecule has 0 aliphatic carbocycles. The van der Waals surface area contributed by atoms with Crippen molar-refractivity contribution in [2.75, 3.05) is 0 Å². The quantitative estimate of drug-likeness (QED) is 0.722. The van der Waals surface area contributed by atoms with Crippen molar-refractivity contribution in [3.63, 3.8) is 0 Å². The number of rotatable bonds is 4. The van der Waals surface area contributed by atoms with Crippen LogP contribution in [0.4, 0.5) is 4.79 Å². The molecule has 1 amide bonds. The monoisotopic (exact) mass is 229 g/mol. The molecule has 5 nitrogen and oxygen atoms in total. The normalized spacial score (nSPS) is 14.8. The molecule has 0 saturated carbocycles. The highest BCUT2D eigenvalue weighted by Gasteiger charge is 2.35. The van der Waals surface area contributed by atoms with E-state index in [4.69, 9.17) is 9.84 Å². The van der Waals surface area contributed by atoms with Gasteiger partial charge in [0.15, 0.2) is 0 Å². The predicted octanol–water partition coefficient (Wildman–Crippen LogP) is 1.93. The van der Waals surface area contributed by atoms with Gasteiger partial charge in [-0.05, 0) is 34.1 Å². The van der Waals surface area contributed by atoms with Crippen molar-refractivity contribution in [2.24, 2.45) is 0 Å². The lowest BCUT2D eigenvalue weighted by atomic mass is 9.98. The van der Waals surface area contributed by atoms with Crippen LogP contribution < -0.4 is 5.32 Å². The van der Waals surface area contributed by atoms with Crippen LogP contribution in [-0.4, -0.2) is 28.3 Å². The highest BCUT2D eigenvalue weighted by atomic mass is 16.6. The van der Waals surface area contributed by atoms with Crippen molar-refractivity contribution >= 4 is 12.1 Å². The van der Waals surface area contributed by atoms with Crippen LogP contribution in [0.15, 0.2) is 12.7 Å². The number of nitrogens with one attached hydrogen (secondary N) is 1. The standard InChI is InChI=1S/C11H19NO4/c1-6-7-11(5,8(13)14)12-9(15)16-10(2,3)4/h6H,1,7H2,2-5H3,(H,12,15)(H,13,14)/t11-/m0/s1. The summed E-state index contributed by atoms with van der Waals surface area (Å²) >= 11 is 0. The summed E-state index contributed by atoms with van der Waals surface area (Å²) in [6.45, 7) is 9.98. The van der Waals surface area contributed by atoms with Gasteiger partial charge in [0.25, 0.3) is 0 Å². The molecular weight excluding hydrogens is 210 g/mol. The molecule has 1 atom stereocenters. The molecule has 0 aliphatic rings. The molecule has 0 aromatic carbocycles. The zero-order valence-electron chi connectivity index (χ0n) is 10.2. The van der Waals surface area contributed by atoms with Gasteiger partial charge in [-0.25, -0.2) is 9.59 Å². The summed E-state index contributed by atoms with van der Waals surface area (Å²) in [5.41, 5.74) is -2.04. The van der Waals surface area contributed by atoms with Crippen LogP contribution in [-0.2, 0) is 9.53 Å². The SMILES string of the molecule is C=CC[C@](C)(NC(=O)OC(C)(C)C)C(=O)O. The number of ether oxygens (including phenoxy) is 1. The molecule has 0 spiro atoms. The van der Waals surface area contributed by atoms with Crippen LogP contribution in [0.5, 0.6) is 0 Å². The number of alkyl carbamates (subject to hydrolysis) is 1. The number of hydrogen-bond donors (Lipinski definition) is 2.